The van der Waals surface area contributed by atoms with Crippen LogP contribution in [0, 0.1) is 17.8 Å². The maximum atomic E-state index is 5.67. The molecule has 0 radical (unpaired) electrons. The molecule has 0 bridgehead atoms. The summed E-state index contributed by atoms with van der Waals surface area (Å²) in [5.41, 5.74) is 5.67. The van der Waals surface area contributed by atoms with Crippen molar-refractivity contribution in [2.24, 2.45) is 17.8 Å². The van der Waals surface area contributed by atoms with Gasteiger partial charge in [0.15, 0.2) is 5.82 Å². The zero-order valence-corrected chi connectivity index (χ0v) is 9.57. The molecular weight excluding hydrogens is 242 g/mol. The molecule has 0 saturated heterocycles. The molecule has 2 N–H and O–H groups in total. The van der Waals surface area contributed by atoms with E-state index >= 15 is 0 Å². The van der Waals surface area contributed by atoms with Crippen LogP contribution in [0.2, 0.25) is 0 Å². The van der Waals surface area contributed by atoms with Gasteiger partial charge in [-0.05, 0) is 52.9 Å². The van der Waals surface area contributed by atoms with Crippen molar-refractivity contribution in [3.05, 3.63) is 10.7 Å². The zero-order valence-electron chi connectivity index (χ0n) is 7.99. The lowest BCUT2D eigenvalue weighted by atomic mass is 10.0. The van der Waals surface area contributed by atoms with Gasteiger partial charge in [0.1, 0.15) is 0 Å². The quantitative estimate of drug-likeness (QED) is 0.882. The molecule has 14 heavy (non-hydrogen) atoms. The summed E-state index contributed by atoms with van der Waals surface area (Å²) in [4.78, 5) is 0. The SMILES string of the molecule is Nc1nn(CC2CC3CC3C2)cc1Br. The van der Waals surface area contributed by atoms with Crippen LogP contribution in [0.5, 0.6) is 0 Å². The van der Waals surface area contributed by atoms with E-state index in [-0.39, 0.29) is 0 Å². The van der Waals surface area contributed by atoms with Gasteiger partial charge in [0.25, 0.3) is 0 Å². The molecule has 1 aromatic rings. The van der Waals surface area contributed by atoms with Crippen molar-refractivity contribution >= 4 is 21.7 Å². The molecule has 2 atom stereocenters. The van der Waals surface area contributed by atoms with Crippen LogP contribution in [0.4, 0.5) is 5.82 Å². The van der Waals surface area contributed by atoms with Gasteiger partial charge in [-0.1, -0.05) is 0 Å². The summed E-state index contributed by atoms with van der Waals surface area (Å²) in [6.07, 6.45) is 6.28. The maximum Gasteiger partial charge on any atom is 0.159 e. The highest BCUT2D eigenvalue weighted by atomic mass is 79.9. The highest BCUT2D eigenvalue weighted by molar-refractivity contribution is 9.10. The Morgan fingerprint density at radius 3 is 2.71 bits per heavy atom. The number of fused-ring (bicyclic) bond motifs is 1. The Hall–Kier alpha value is -0.510. The van der Waals surface area contributed by atoms with E-state index in [9.17, 15) is 0 Å². The number of hydrogen-bond acceptors (Lipinski definition) is 2. The van der Waals surface area contributed by atoms with E-state index in [2.05, 4.69) is 21.0 Å². The molecule has 0 aromatic carbocycles. The van der Waals surface area contributed by atoms with Gasteiger partial charge in [-0.25, -0.2) is 0 Å². The topological polar surface area (TPSA) is 43.8 Å². The molecule has 2 aliphatic rings. The lowest BCUT2D eigenvalue weighted by Gasteiger charge is -2.10. The van der Waals surface area contributed by atoms with Crippen molar-refractivity contribution in [2.45, 2.75) is 25.8 Å². The Kier molecular flexibility index (Phi) is 1.87. The van der Waals surface area contributed by atoms with E-state index in [1.54, 1.807) is 0 Å². The first-order valence-electron chi connectivity index (χ1n) is 5.21. The van der Waals surface area contributed by atoms with Gasteiger partial charge >= 0.3 is 0 Å². The summed E-state index contributed by atoms with van der Waals surface area (Å²) in [5.74, 6) is 3.55. The molecule has 1 aromatic heterocycles. The molecule has 4 heteroatoms. The molecule has 2 saturated carbocycles. The van der Waals surface area contributed by atoms with E-state index in [0.29, 0.717) is 5.82 Å². The Morgan fingerprint density at radius 2 is 2.14 bits per heavy atom. The summed E-state index contributed by atoms with van der Waals surface area (Å²) >= 11 is 3.38. The van der Waals surface area contributed by atoms with E-state index < -0.39 is 0 Å². The molecule has 0 spiro atoms. The lowest BCUT2D eigenvalue weighted by Crippen LogP contribution is -2.09. The molecule has 76 valence electrons. The van der Waals surface area contributed by atoms with Gasteiger partial charge in [0.05, 0.1) is 4.47 Å². The average Bonchev–Trinajstić information content (AvgIpc) is 2.60. The van der Waals surface area contributed by atoms with E-state index in [1.807, 2.05) is 10.9 Å². The van der Waals surface area contributed by atoms with Crippen LogP contribution in [0.3, 0.4) is 0 Å². The first-order valence-corrected chi connectivity index (χ1v) is 6.00. The normalized spacial score (nSPS) is 34.5. The van der Waals surface area contributed by atoms with Crippen LogP contribution in [-0.4, -0.2) is 9.78 Å². The minimum Gasteiger partial charge on any atom is -0.381 e. The van der Waals surface area contributed by atoms with Crippen molar-refractivity contribution in [3.63, 3.8) is 0 Å². The van der Waals surface area contributed by atoms with Gasteiger partial charge in [-0.2, -0.15) is 5.10 Å². The molecule has 2 unspecified atom stereocenters. The molecule has 2 fully saturated rings. The van der Waals surface area contributed by atoms with Crippen LogP contribution in [0.25, 0.3) is 0 Å². The van der Waals surface area contributed by atoms with Crippen LogP contribution >= 0.6 is 15.9 Å². The predicted molar refractivity (Wildman–Crippen MR) is 58.7 cm³/mol. The van der Waals surface area contributed by atoms with Crippen molar-refractivity contribution in [1.82, 2.24) is 9.78 Å². The summed E-state index contributed by atoms with van der Waals surface area (Å²) in [7, 11) is 0. The van der Waals surface area contributed by atoms with E-state index in [1.165, 1.54) is 19.3 Å². The predicted octanol–water partition coefficient (Wildman–Crippen LogP) is 2.27. The molecule has 2 aliphatic carbocycles. The number of nitrogen functional groups attached to an aromatic ring is 1. The molecule has 3 nitrogen and oxygen atoms in total. The van der Waals surface area contributed by atoms with Crippen LogP contribution in [-0.2, 0) is 6.54 Å². The minimum atomic E-state index is 0.605. The number of anilines is 1. The number of hydrogen-bond donors (Lipinski definition) is 1. The largest absolute Gasteiger partial charge is 0.381 e. The van der Waals surface area contributed by atoms with E-state index in [4.69, 9.17) is 5.73 Å². The summed E-state index contributed by atoms with van der Waals surface area (Å²) in [6, 6.07) is 0. The molecule has 3 rings (SSSR count). The molecule has 0 amide bonds. The van der Waals surface area contributed by atoms with Gasteiger partial charge in [-0.3, -0.25) is 4.68 Å². The van der Waals surface area contributed by atoms with Crippen molar-refractivity contribution in [2.75, 3.05) is 5.73 Å². The fraction of sp³-hybridized carbons (Fsp3) is 0.700. The second-order valence-corrected chi connectivity index (χ2v) is 5.53. The number of nitrogens with zero attached hydrogens (tertiary/aromatic N) is 2. The number of nitrogens with two attached hydrogens (primary N) is 1. The smallest absolute Gasteiger partial charge is 0.159 e. The fourth-order valence-corrected chi connectivity index (χ4v) is 3.07. The Bertz CT molecular complexity index is 331. The van der Waals surface area contributed by atoms with Gasteiger partial charge < -0.3 is 5.73 Å². The highest BCUT2D eigenvalue weighted by Crippen LogP contribution is 2.54. The average molecular weight is 256 g/mol. The summed E-state index contributed by atoms with van der Waals surface area (Å²) in [6.45, 7) is 1.04. The van der Waals surface area contributed by atoms with Gasteiger partial charge in [0, 0.05) is 12.7 Å². The molecule has 1 heterocycles. The first kappa shape index (κ1) is 8.77. The van der Waals surface area contributed by atoms with E-state index in [0.717, 1.165) is 28.8 Å². The second kappa shape index (κ2) is 2.99. The molecule has 0 aliphatic heterocycles. The Labute approximate surface area is 91.8 Å². The maximum absolute atomic E-state index is 5.67. The third kappa shape index (κ3) is 1.45. The third-order valence-corrected chi connectivity index (χ3v) is 4.14. The minimum absolute atomic E-state index is 0.605. The monoisotopic (exact) mass is 255 g/mol. The van der Waals surface area contributed by atoms with Crippen molar-refractivity contribution in [3.8, 4) is 0 Å². The van der Waals surface area contributed by atoms with Crippen LogP contribution in [0.1, 0.15) is 19.3 Å². The third-order valence-electron chi connectivity index (χ3n) is 3.53. The summed E-state index contributed by atoms with van der Waals surface area (Å²) in [5, 5.41) is 4.26. The van der Waals surface area contributed by atoms with Crippen LogP contribution < -0.4 is 5.73 Å². The van der Waals surface area contributed by atoms with Crippen LogP contribution in [0.15, 0.2) is 10.7 Å². The number of halogens is 1. The molecular formula is C10H14BrN3. The Balaban J connectivity index is 1.66. The first-order chi connectivity index (χ1) is 6.72. The summed E-state index contributed by atoms with van der Waals surface area (Å²) < 4.78 is 2.90. The fourth-order valence-electron chi connectivity index (χ4n) is 2.76. The zero-order chi connectivity index (χ0) is 9.71. The van der Waals surface area contributed by atoms with Gasteiger partial charge in [0.2, 0.25) is 0 Å². The van der Waals surface area contributed by atoms with Crippen molar-refractivity contribution in [1.29, 1.82) is 0 Å². The number of aromatic nitrogens is 2. The highest BCUT2D eigenvalue weighted by Gasteiger charge is 2.45. The van der Waals surface area contributed by atoms with Crippen molar-refractivity contribution < 1.29 is 0 Å². The van der Waals surface area contributed by atoms with Gasteiger partial charge in [-0.15, -0.1) is 0 Å². The Morgan fingerprint density at radius 1 is 1.43 bits per heavy atom. The second-order valence-electron chi connectivity index (χ2n) is 4.68. The standard InChI is InChI=1S/C10H14BrN3/c11-9-5-14(13-10(9)12)4-6-1-7-3-8(7)2-6/h5-8H,1-4H2,(H2,12,13). The lowest BCUT2D eigenvalue weighted by molar-refractivity contribution is 0.395. The number of rotatable bonds is 2.